The van der Waals surface area contributed by atoms with Crippen molar-refractivity contribution in [3.8, 4) is 0 Å². The fourth-order valence-corrected chi connectivity index (χ4v) is 6.52. The van der Waals surface area contributed by atoms with Gasteiger partial charge in [-0.1, -0.05) is 77.6 Å². The highest BCUT2D eigenvalue weighted by Gasteiger charge is 2.42. The van der Waals surface area contributed by atoms with Crippen LogP contribution in [-0.4, -0.2) is 12.1 Å². The average molecular weight is 377 g/mol. The number of esters is 1. The van der Waals surface area contributed by atoms with E-state index in [0.717, 1.165) is 24.7 Å². The number of unbranched alkanes of at least 4 members (excludes halogenated alkanes) is 1. The maximum atomic E-state index is 11.7. The van der Waals surface area contributed by atoms with E-state index in [9.17, 15) is 4.79 Å². The van der Waals surface area contributed by atoms with Crippen molar-refractivity contribution in [1.29, 1.82) is 0 Å². The van der Waals surface area contributed by atoms with Gasteiger partial charge in [0.15, 0.2) is 0 Å². The Morgan fingerprint density at radius 1 is 0.852 bits per heavy atom. The Hall–Kier alpha value is -0.530. The van der Waals surface area contributed by atoms with Crippen molar-refractivity contribution in [2.75, 3.05) is 0 Å². The van der Waals surface area contributed by atoms with Gasteiger partial charge >= 0.3 is 5.97 Å². The fourth-order valence-electron chi connectivity index (χ4n) is 6.52. The Kier molecular flexibility index (Phi) is 8.52. The van der Waals surface area contributed by atoms with Crippen molar-refractivity contribution >= 4 is 5.97 Å². The van der Waals surface area contributed by atoms with Crippen molar-refractivity contribution in [2.45, 2.75) is 135 Å². The van der Waals surface area contributed by atoms with Crippen LogP contribution in [0.2, 0.25) is 0 Å². The highest BCUT2D eigenvalue weighted by atomic mass is 16.5. The molecule has 0 amide bonds. The number of ether oxygens (including phenoxy) is 1. The predicted octanol–water partition coefficient (Wildman–Crippen LogP) is 7.59. The lowest BCUT2D eigenvalue weighted by molar-refractivity contribution is -0.152. The van der Waals surface area contributed by atoms with Crippen LogP contribution in [0, 0.1) is 17.3 Å². The molecular formula is C25H44O2. The van der Waals surface area contributed by atoms with E-state index in [1.54, 1.807) is 0 Å². The van der Waals surface area contributed by atoms with E-state index in [1.165, 1.54) is 103 Å². The Balaban J connectivity index is 1.49. The van der Waals surface area contributed by atoms with E-state index in [0.29, 0.717) is 11.8 Å². The SMILES string of the molecule is CCC(=O)OC1CCC(CCCCC2CCCCC2)(C2CCCCC2)CC1. The molecule has 0 spiro atoms. The minimum atomic E-state index is -0.00218. The summed E-state index contributed by atoms with van der Waals surface area (Å²) in [4.78, 5) is 11.7. The molecule has 0 aromatic rings. The Morgan fingerprint density at radius 3 is 2.11 bits per heavy atom. The fraction of sp³-hybridized carbons (Fsp3) is 0.960. The molecule has 0 aliphatic heterocycles. The third-order valence-corrected chi connectivity index (χ3v) is 8.25. The molecule has 0 aromatic carbocycles. The number of hydrogen-bond acceptors (Lipinski definition) is 2. The molecule has 0 saturated heterocycles. The van der Waals surface area contributed by atoms with Crippen molar-refractivity contribution in [3.05, 3.63) is 0 Å². The molecule has 2 heteroatoms. The third kappa shape index (κ3) is 6.23. The molecule has 0 atom stereocenters. The van der Waals surface area contributed by atoms with E-state index < -0.39 is 0 Å². The number of hydrogen-bond donors (Lipinski definition) is 0. The minimum absolute atomic E-state index is 0.00218. The summed E-state index contributed by atoms with van der Waals surface area (Å²) in [5.41, 5.74) is 0.572. The third-order valence-electron chi connectivity index (χ3n) is 8.25. The summed E-state index contributed by atoms with van der Waals surface area (Å²) in [5, 5.41) is 0. The van der Waals surface area contributed by atoms with E-state index in [2.05, 4.69) is 0 Å². The summed E-state index contributed by atoms with van der Waals surface area (Å²) in [5.74, 6) is 1.98. The predicted molar refractivity (Wildman–Crippen MR) is 113 cm³/mol. The van der Waals surface area contributed by atoms with Crippen LogP contribution < -0.4 is 0 Å². The van der Waals surface area contributed by atoms with Crippen LogP contribution in [0.1, 0.15) is 129 Å². The van der Waals surface area contributed by atoms with Gasteiger partial charge in [0, 0.05) is 6.42 Å². The van der Waals surface area contributed by atoms with Crippen LogP contribution in [0.4, 0.5) is 0 Å². The van der Waals surface area contributed by atoms with Gasteiger partial charge in [-0.15, -0.1) is 0 Å². The molecular weight excluding hydrogens is 332 g/mol. The quantitative estimate of drug-likeness (QED) is 0.322. The Morgan fingerprint density at radius 2 is 1.48 bits per heavy atom. The second-order valence-electron chi connectivity index (χ2n) is 9.99. The number of rotatable bonds is 8. The second kappa shape index (κ2) is 10.9. The van der Waals surface area contributed by atoms with E-state index in [4.69, 9.17) is 4.74 Å². The van der Waals surface area contributed by atoms with Gasteiger partial charge in [0.25, 0.3) is 0 Å². The summed E-state index contributed by atoms with van der Waals surface area (Å²) in [6.07, 6.45) is 26.1. The normalized spacial score (nSPS) is 30.9. The molecule has 0 aromatic heterocycles. The van der Waals surface area contributed by atoms with Crippen LogP contribution in [0.5, 0.6) is 0 Å². The number of carbonyl (C=O) groups excluding carboxylic acids is 1. The molecule has 156 valence electrons. The van der Waals surface area contributed by atoms with Gasteiger partial charge < -0.3 is 4.74 Å². The van der Waals surface area contributed by atoms with Gasteiger partial charge in [-0.05, 0) is 62.2 Å². The van der Waals surface area contributed by atoms with Gasteiger partial charge in [-0.25, -0.2) is 0 Å². The van der Waals surface area contributed by atoms with Crippen molar-refractivity contribution < 1.29 is 9.53 Å². The lowest BCUT2D eigenvalue weighted by Gasteiger charge is -2.47. The summed E-state index contributed by atoms with van der Waals surface area (Å²) in [6.45, 7) is 1.91. The monoisotopic (exact) mass is 376 g/mol. The summed E-state index contributed by atoms with van der Waals surface area (Å²) in [7, 11) is 0. The van der Waals surface area contributed by atoms with Crippen molar-refractivity contribution in [3.63, 3.8) is 0 Å². The van der Waals surface area contributed by atoms with Gasteiger partial charge in [0.2, 0.25) is 0 Å². The van der Waals surface area contributed by atoms with Crippen molar-refractivity contribution in [1.82, 2.24) is 0 Å². The van der Waals surface area contributed by atoms with Gasteiger partial charge in [0.1, 0.15) is 6.10 Å². The van der Waals surface area contributed by atoms with Crippen LogP contribution >= 0.6 is 0 Å². The second-order valence-corrected chi connectivity index (χ2v) is 9.99. The van der Waals surface area contributed by atoms with Crippen LogP contribution in [0.15, 0.2) is 0 Å². The van der Waals surface area contributed by atoms with Crippen LogP contribution in [-0.2, 0) is 9.53 Å². The Bertz CT molecular complexity index is 424. The van der Waals surface area contributed by atoms with Crippen molar-refractivity contribution in [2.24, 2.45) is 17.3 Å². The molecule has 2 nitrogen and oxygen atoms in total. The highest BCUT2D eigenvalue weighted by molar-refractivity contribution is 5.69. The molecule has 3 aliphatic rings. The molecule has 27 heavy (non-hydrogen) atoms. The highest BCUT2D eigenvalue weighted by Crippen LogP contribution is 2.52. The molecule has 3 rings (SSSR count). The summed E-state index contributed by atoms with van der Waals surface area (Å²) in [6, 6.07) is 0. The van der Waals surface area contributed by atoms with E-state index in [1.807, 2.05) is 6.92 Å². The Labute approximate surface area is 168 Å². The van der Waals surface area contributed by atoms with Gasteiger partial charge in [-0.3, -0.25) is 4.79 Å². The largest absolute Gasteiger partial charge is 0.462 e. The van der Waals surface area contributed by atoms with Crippen LogP contribution in [0.3, 0.4) is 0 Å². The van der Waals surface area contributed by atoms with E-state index >= 15 is 0 Å². The lowest BCUT2D eigenvalue weighted by Crippen LogP contribution is -2.38. The molecule has 0 N–H and O–H groups in total. The van der Waals surface area contributed by atoms with Gasteiger partial charge in [-0.2, -0.15) is 0 Å². The molecule has 3 saturated carbocycles. The topological polar surface area (TPSA) is 26.3 Å². The lowest BCUT2D eigenvalue weighted by atomic mass is 9.59. The molecule has 3 aliphatic carbocycles. The average Bonchev–Trinajstić information content (AvgIpc) is 2.74. The minimum Gasteiger partial charge on any atom is -0.462 e. The first-order valence-electron chi connectivity index (χ1n) is 12.4. The maximum Gasteiger partial charge on any atom is 0.305 e. The smallest absolute Gasteiger partial charge is 0.305 e. The summed E-state index contributed by atoms with van der Waals surface area (Å²) < 4.78 is 5.69. The molecule has 0 heterocycles. The molecule has 0 unspecified atom stereocenters. The molecule has 0 bridgehead atoms. The van der Waals surface area contributed by atoms with Gasteiger partial charge in [0.05, 0.1) is 0 Å². The molecule has 0 radical (unpaired) electrons. The molecule has 3 fully saturated rings. The number of carbonyl (C=O) groups is 1. The van der Waals surface area contributed by atoms with E-state index in [-0.39, 0.29) is 12.1 Å². The first-order chi connectivity index (χ1) is 13.2. The zero-order valence-corrected chi connectivity index (χ0v) is 18.0. The zero-order chi connectivity index (χ0) is 19.0. The first kappa shape index (κ1) is 21.2. The van der Waals surface area contributed by atoms with Crippen LogP contribution in [0.25, 0.3) is 0 Å². The maximum absolute atomic E-state index is 11.7. The standard InChI is InChI=1S/C25H44O2/c1-2-24(26)27-23-16-19-25(20-17-23,22-14-7-4-8-15-22)18-10-9-13-21-11-5-3-6-12-21/h21-23H,2-20H2,1H3. The first-order valence-corrected chi connectivity index (χ1v) is 12.4. The summed E-state index contributed by atoms with van der Waals surface area (Å²) >= 11 is 0. The zero-order valence-electron chi connectivity index (χ0n) is 18.0.